The predicted octanol–water partition coefficient (Wildman–Crippen LogP) is 4.59. The number of carbonyl (C=O) groups is 1. The molecule has 180 valence electrons. The molecule has 0 bridgehead atoms. The number of halogens is 1. The first-order chi connectivity index (χ1) is 17.1. The minimum absolute atomic E-state index is 0.0804. The topological polar surface area (TPSA) is 75.1 Å². The number of hydrazine groups is 1. The summed E-state index contributed by atoms with van der Waals surface area (Å²) in [5, 5.41) is 6.55. The number of para-hydroxylation sites is 1. The first-order valence-electron chi connectivity index (χ1n) is 11.7. The Morgan fingerprint density at radius 2 is 2.00 bits per heavy atom. The van der Waals surface area contributed by atoms with Crippen LogP contribution in [0.15, 0.2) is 72.1 Å². The number of amides is 1. The molecule has 9 heteroatoms. The molecule has 2 aromatic carbocycles. The average molecular weight is 491 g/mol. The maximum atomic E-state index is 13.5. The smallest absolute Gasteiger partial charge is 0.293 e. The molecule has 1 saturated heterocycles. The van der Waals surface area contributed by atoms with Crippen LogP contribution in [0.1, 0.15) is 41.5 Å². The zero-order valence-corrected chi connectivity index (χ0v) is 20.2. The number of carbonyl (C=O) groups excluding carboxylic acids is 1. The standard InChI is InChI=1S/C26H27FN6OS/c1-32(14-6-10-20-17-22(30-29-20)18-8-5-9-19(27)16-18)26(34)24-28-25(23-13-7-15-35-23)33(31-24)21-11-3-2-4-12-21/h2-5,7-9,11-13,15-16,20,22,29-30H,6,10,14,17H2,1H3. The van der Waals surface area contributed by atoms with Gasteiger partial charge in [0.1, 0.15) is 5.82 Å². The SMILES string of the molecule is CN(CCCC1CC(c2cccc(F)c2)NN1)C(=O)c1nc(-c2cccs2)n(-c2ccccc2)n1. The molecular formula is C26H27FN6OS. The molecule has 0 radical (unpaired) electrons. The van der Waals surface area contributed by atoms with Crippen LogP contribution in [0.5, 0.6) is 0 Å². The molecule has 0 saturated carbocycles. The van der Waals surface area contributed by atoms with Gasteiger partial charge in [0.15, 0.2) is 5.82 Å². The van der Waals surface area contributed by atoms with Crippen molar-refractivity contribution in [2.75, 3.05) is 13.6 Å². The fraction of sp³-hybridized carbons (Fsp3) is 0.269. The number of hydrogen-bond donors (Lipinski definition) is 2. The third-order valence-corrected chi connectivity index (χ3v) is 7.03. The van der Waals surface area contributed by atoms with Gasteiger partial charge in [0.25, 0.3) is 5.91 Å². The van der Waals surface area contributed by atoms with Gasteiger partial charge in [-0.3, -0.25) is 15.6 Å². The van der Waals surface area contributed by atoms with Crippen molar-refractivity contribution in [2.24, 2.45) is 0 Å². The number of aromatic nitrogens is 3. The lowest BCUT2D eigenvalue weighted by Crippen LogP contribution is -2.33. The molecular weight excluding hydrogens is 463 g/mol. The lowest BCUT2D eigenvalue weighted by Gasteiger charge is -2.16. The van der Waals surface area contributed by atoms with Crippen LogP contribution in [0.25, 0.3) is 16.4 Å². The average Bonchev–Trinajstić information content (AvgIpc) is 3.65. The number of rotatable bonds is 8. The lowest BCUT2D eigenvalue weighted by atomic mass is 9.99. The summed E-state index contributed by atoms with van der Waals surface area (Å²) >= 11 is 1.56. The van der Waals surface area contributed by atoms with Crippen molar-refractivity contribution in [3.05, 3.63) is 89.3 Å². The Morgan fingerprint density at radius 1 is 1.14 bits per heavy atom. The van der Waals surface area contributed by atoms with Gasteiger partial charge in [0.05, 0.1) is 10.6 Å². The second kappa shape index (κ2) is 10.5. The maximum absolute atomic E-state index is 13.5. The summed E-state index contributed by atoms with van der Waals surface area (Å²) < 4.78 is 15.3. The summed E-state index contributed by atoms with van der Waals surface area (Å²) in [6.45, 7) is 0.593. The Hall–Kier alpha value is -3.40. The van der Waals surface area contributed by atoms with Gasteiger partial charge < -0.3 is 4.90 Å². The van der Waals surface area contributed by atoms with Crippen molar-refractivity contribution < 1.29 is 9.18 Å². The van der Waals surface area contributed by atoms with Crippen LogP contribution < -0.4 is 10.9 Å². The van der Waals surface area contributed by atoms with Crippen LogP contribution in [-0.4, -0.2) is 45.2 Å². The molecule has 1 aliphatic heterocycles. The van der Waals surface area contributed by atoms with E-state index < -0.39 is 0 Å². The summed E-state index contributed by atoms with van der Waals surface area (Å²) in [4.78, 5) is 20.4. The predicted molar refractivity (Wildman–Crippen MR) is 135 cm³/mol. The van der Waals surface area contributed by atoms with Crippen LogP contribution in [0.2, 0.25) is 0 Å². The molecule has 2 aromatic heterocycles. The van der Waals surface area contributed by atoms with E-state index in [1.807, 2.05) is 53.9 Å². The first kappa shape index (κ1) is 23.3. The van der Waals surface area contributed by atoms with Gasteiger partial charge in [-0.05, 0) is 60.5 Å². The van der Waals surface area contributed by atoms with Crippen LogP contribution in [0, 0.1) is 5.82 Å². The second-order valence-corrected chi connectivity index (χ2v) is 9.63. The van der Waals surface area contributed by atoms with Crippen LogP contribution in [0.3, 0.4) is 0 Å². The van der Waals surface area contributed by atoms with Gasteiger partial charge in [0.2, 0.25) is 5.82 Å². The molecule has 2 atom stereocenters. The van der Waals surface area contributed by atoms with E-state index in [9.17, 15) is 9.18 Å². The molecule has 1 amide bonds. The molecule has 5 rings (SSSR count). The van der Waals surface area contributed by atoms with E-state index in [1.165, 1.54) is 6.07 Å². The third-order valence-electron chi connectivity index (χ3n) is 6.17. The second-order valence-electron chi connectivity index (χ2n) is 8.68. The van der Waals surface area contributed by atoms with E-state index >= 15 is 0 Å². The maximum Gasteiger partial charge on any atom is 0.293 e. The highest BCUT2D eigenvalue weighted by Gasteiger charge is 2.26. The summed E-state index contributed by atoms with van der Waals surface area (Å²) in [7, 11) is 1.78. The van der Waals surface area contributed by atoms with Gasteiger partial charge in [-0.15, -0.1) is 16.4 Å². The zero-order chi connectivity index (χ0) is 24.2. The minimum Gasteiger partial charge on any atom is -0.339 e. The van der Waals surface area contributed by atoms with E-state index in [0.29, 0.717) is 12.4 Å². The van der Waals surface area contributed by atoms with Gasteiger partial charge in [-0.1, -0.05) is 36.4 Å². The van der Waals surface area contributed by atoms with Crippen LogP contribution >= 0.6 is 11.3 Å². The van der Waals surface area contributed by atoms with Crippen molar-refractivity contribution in [1.82, 2.24) is 30.5 Å². The monoisotopic (exact) mass is 490 g/mol. The van der Waals surface area contributed by atoms with E-state index in [0.717, 1.165) is 35.4 Å². The molecule has 7 nitrogen and oxygen atoms in total. The zero-order valence-electron chi connectivity index (χ0n) is 19.4. The largest absolute Gasteiger partial charge is 0.339 e. The highest BCUT2D eigenvalue weighted by atomic mass is 32.1. The van der Waals surface area contributed by atoms with Crippen molar-refractivity contribution >= 4 is 17.2 Å². The van der Waals surface area contributed by atoms with Gasteiger partial charge in [0, 0.05) is 25.7 Å². The Labute approximate surface area is 207 Å². The number of nitrogens with zero attached hydrogens (tertiary/aromatic N) is 4. The quantitative estimate of drug-likeness (QED) is 0.378. The van der Waals surface area contributed by atoms with E-state index in [1.54, 1.807) is 40.1 Å². The molecule has 4 aromatic rings. The Bertz CT molecular complexity index is 1280. The molecule has 35 heavy (non-hydrogen) atoms. The summed E-state index contributed by atoms with van der Waals surface area (Å²) in [6.07, 6.45) is 2.59. The highest BCUT2D eigenvalue weighted by Crippen LogP contribution is 2.26. The summed E-state index contributed by atoms with van der Waals surface area (Å²) in [5.74, 6) is 0.421. The molecule has 0 aliphatic carbocycles. The van der Waals surface area contributed by atoms with Crippen molar-refractivity contribution in [2.45, 2.75) is 31.3 Å². The van der Waals surface area contributed by atoms with Crippen molar-refractivity contribution in [1.29, 1.82) is 0 Å². The Morgan fingerprint density at radius 3 is 2.77 bits per heavy atom. The van der Waals surface area contributed by atoms with E-state index in [2.05, 4.69) is 20.9 Å². The Balaban J connectivity index is 1.20. The normalized spacial score (nSPS) is 17.5. The molecule has 2 N–H and O–H groups in total. The fourth-order valence-electron chi connectivity index (χ4n) is 4.32. The van der Waals surface area contributed by atoms with Crippen LogP contribution in [0.4, 0.5) is 4.39 Å². The number of hydrogen-bond acceptors (Lipinski definition) is 6. The number of nitrogens with one attached hydrogen (secondary N) is 2. The van der Waals surface area contributed by atoms with Gasteiger partial charge in [-0.2, -0.15) is 0 Å². The van der Waals surface area contributed by atoms with Gasteiger partial charge in [-0.25, -0.2) is 14.1 Å². The van der Waals surface area contributed by atoms with E-state index in [-0.39, 0.29) is 29.6 Å². The molecule has 0 spiro atoms. The van der Waals surface area contributed by atoms with Crippen LogP contribution in [-0.2, 0) is 0 Å². The summed E-state index contributed by atoms with van der Waals surface area (Å²) in [6, 6.07) is 20.7. The minimum atomic E-state index is -0.224. The first-order valence-corrected chi connectivity index (χ1v) is 12.5. The van der Waals surface area contributed by atoms with E-state index in [4.69, 9.17) is 0 Å². The summed E-state index contributed by atoms with van der Waals surface area (Å²) in [5.41, 5.74) is 8.35. The van der Waals surface area contributed by atoms with Crippen molar-refractivity contribution in [3.63, 3.8) is 0 Å². The number of thiophene rings is 1. The lowest BCUT2D eigenvalue weighted by molar-refractivity contribution is 0.0780. The molecule has 1 fully saturated rings. The van der Waals surface area contributed by atoms with Gasteiger partial charge >= 0.3 is 0 Å². The third kappa shape index (κ3) is 5.32. The Kier molecular flexibility index (Phi) is 6.98. The number of benzene rings is 2. The van der Waals surface area contributed by atoms with Crippen molar-refractivity contribution in [3.8, 4) is 16.4 Å². The molecule has 2 unspecified atom stereocenters. The molecule has 1 aliphatic rings. The highest BCUT2D eigenvalue weighted by molar-refractivity contribution is 7.13. The molecule has 3 heterocycles. The fourth-order valence-corrected chi connectivity index (χ4v) is 5.02.